The molecule has 0 amide bonds. The molecular formula is C9H8BClN2. The number of benzene rings is 1. The van der Waals surface area contributed by atoms with Crippen LogP contribution in [0.15, 0.2) is 17.1 Å². The highest BCUT2D eigenvalue weighted by Gasteiger charge is 2.10. The van der Waals surface area contributed by atoms with Gasteiger partial charge in [0.05, 0.1) is 6.54 Å². The van der Waals surface area contributed by atoms with Gasteiger partial charge in [-0.3, -0.25) is 4.99 Å². The zero-order valence-electron chi connectivity index (χ0n) is 7.26. The molecule has 0 aromatic heterocycles. The SMILES string of the molecule is [B]c1cc2c(cc1C)NC(Cl)=NC2. The molecule has 0 bridgehead atoms. The molecule has 1 aliphatic rings. The minimum atomic E-state index is 0.441. The first kappa shape index (κ1) is 8.63. The summed E-state index contributed by atoms with van der Waals surface area (Å²) in [5.74, 6) is 0. The van der Waals surface area contributed by atoms with E-state index in [1.165, 1.54) is 0 Å². The van der Waals surface area contributed by atoms with Crippen LogP contribution >= 0.6 is 11.6 Å². The lowest BCUT2D eigenvalue weighted by Crippen LogP contribution is -2.16. The van der Waals surface area contributed by atoms with Gasteiger partial charge in [0.2, 0.25) is 0 Å². The fourth-order valence-corrected chi connectivity index (χ4v) is 1.49. The van der Waals surface area contributed by atoms with Crippen molar-refractivity contribution in [1.29, 1.82) is 0 Å². The molecule has 4 heteroatoms. The number of nitrogens with one attached hydrogen (secondary N) is 1. The molecule has 2 radical (unpaired) electrons. The van der Waals surface area contributed by atoms with Crippen molar-refractivity contribution in [2.45, 2.75) is 13.5 Å². The van der Waals surface area contributed by atoms with Gasteiger partial charge in [-0.05, 0) is 30.2 Å². The molecule has 0 saturated carbocycles. The van der Waals surface area contributed by atoms with Crippen LogP contribution in [0.3, 0.4) is 0 Å². The standard InChI is InChI=1S/C9H8BClN2/c1-5-2-8-6(3-7(5)10)4-12-9(11)13-8/h2-3H,4H2,1H3,(H,12,13). The number of hydrogen-bond donors (Lipinski definition) is 1. The topological polar surface area (TPSA) is 24.4 Å². The van der Waals surface area contributed by atoms with Crippen molar-refractivity contribution in [2.75, 3.05) is 5.32 Å². The van der Waals surface area contributed by atoms with Crippen LogP contribution in [0, 0.1) is 6.92 Å². The second kappa shape index (κ2) is 3.07. The van der Waals surface area contributed by atoms with Gasteiger partial charge in [-0.1, -0.05) is 17.1 Å². The predicted octanol–water partition coefficient (Wildman–Crippen LogP) is 1.31. The maximum atomic E-state index is 5.77. The molecular weight excluding hydrogens is 182 g/mol. The third-order valence-corrected chi connectivity index (χ3v) is 2.33. The predicted molar refractivity (Wildman–Crippen MR) is 57.2 cm³/mol. The van der Waals surface area contributed by atoms with Crippen molar-refractivity contribution < 1.29 is 0 Å². The Morgan fingerprint density at radius 1 is 1.54 bits per heavy atom. The summed E-state index contributed by atoms with van der Waals surface area (Å²) < 4.78 is 0. The minimum Gasteiger partial charge on any atom is -0.330 e. The molecule has 0 unspecified atom stereocenters. The summed E-state index contributed by atoms with van der Waals surface area (Å²) in [5, 5.41) is 3.43. The van der Waals surface area contributed by atoms with Crippen LogP contribution in [-0.4, -0.2) is 13.1 Å². The fraction of sp³-hybridized carbons (Fsp3) is 0.222. The van der Waals surface area contributed by atoms with E-state index in [0.717, 1.165) is 22.3 Å². The highest BCUT2D eigenvalue weighted by Crippen LogP contribution is 2.21. The molecule has 0 saturated heterocycles. The maximum absolute atomic E-state index is 5.77. The third kappa shape index (κ3) is 1.56. The summed E-state index contributed by atoms with van der Waals surface area (Å²) >= 11 is 5.74. The fourth-order valence-electron chi connectivity index (χ4n) is 1.32. The number of amidine groups is 1. The molecule has 0 spiro atoms. The summed E-state index contributed by atoms with van der Waals surface area (Å²) in [5.41, 5.74) is 3.95. The number of aliphatic imine (C=N–C) groups is 1. The molecule has 0 fully saturated rings. The Morgan fingerprint density at radius 2 is 2.31 bits per heavy atom. The molecule has 2 rings (SSSR count). The zero-order chi connectivity index (χ0) is 9.42. The van der Waals surface area contributed by atoms with Crippen LogP contribution in [-0.2, 0) is 6.54 Å². The van der Waals surface area contributed by atoms with Crippen LogP contribution in [0.2, 0.25) is 0 Å². The van der Waals surface area contributed by atoms with Gasteiger partial charge >= 0.3 is 0 Å². The lowest BCUT2D eigenvalue weighted by molar-refractivity contribution is 1.06. The van der Waals surface area contributed by atoms with E-state index >= 15 is 0 Å². The van der Waals surface area contributed by atoms with Gasteiger partial charge in [0.15, 0.2) is 5.29 Å². The number of hydrogen-bond acceptors (Lipinski definition) is 2. The Morgan fingerprint density at radius 3 is 3.08 bits per heavy atom. The van der Waals surface area contributed by atoms with Crippen LogP contribution in [0.25, 0.3) is 0 Å². The molecule has 1 aromatic carbocycles. The van der Waals surface area contributed by atoms with Gasteiger partial charge in [-0.15, -0.1) is 0 Å². The zero-order valence-corrected chi connectivity index (χ0v) is 8.02. The van der Waals surface area contributed by atoms with Gasteiger partial charge in [-0.25, -0.2) is 0 Å². The molecule has 2 nitrogen and oxygen atoms in total. The van der Waals surface area contributed by atoms with Crippen LogP contribution < -0.4 is 10.8 Å². The molecule has 1 heterocycles. The van der Waals surface area contributed by atoms with Gasteiger partial charge in [0.25, 0.3) is 0 Å². The normalized spacial score (nSPS) is 14.5. The van der Waals surface area contributed by atoms with E-state index in [4.69, 9.17) is 19.4 Å². The first-order valence-electron chi connectivity index (χ1n) is 4.03. The van der Waals surface area contributed by atoms with Crippen molar-refractivity contribution in [2.24, 2.45) is 4.99 Å². The van der Waals surface area contributed by atoms with Gasteiger partial charge in [-0.2, -0.15) is 0 Å². The van der Waals surface area contributed by atoms with E-state index in [0.29, 0.717) is 11.8 Å². The van der Waals surface area contributed by atoms with E-state index in [1.807, 2.05) is 19.1 Å². The lowest BCUT2D eigenvalue weighted by Gasteiger charge is -2.16. The second-order valence-corrected chi connectivity index (χ2v) is 3.46. The smallest absolute Gasteiger partial charge is 0.196 e. The Bertz CT molecular complexity index is 387. The van der Waals surface area contributed by atoms with Crippen molar-refractivity contribution in [1.82, 2.24) is 0 Å². The first-order chi connectivity index (χ1) is 6.16. The summed E-state index contributed by atoms with van der Waals surface area (Å²) in [6, 6.07) is 3.92. The van der Waals surface area contributed by atoms with Crippen molar-refractivity contribution in [3.05, 3.63) is 23.3 Å². The molecule has 13 heavy (non-hydrogen) atoms. The highest BCUT2D eigenvalue weighted by atomic mass is 35.5. The molecule has 0 atom stereocenters. The second-order valence-electron chi connectivity index (χ2n) is 3.10. The first-order valence-corrected chi connectivity index (χ1v) is 4.40. The van der Waals surface area contributed by atoms with Crippen LogP contribution in [0.4, 0.5) is 5.69 Å². The summed E-state index contributed by atoms with van der Waals surface area (Å²) in [4.78, 5) is 4.06. The number of aryl methyl sites for hydroxylation is 1. The molecule has 1 N–H and O–H groups in total. The highest BCUT2D eigenvalue weighted by molar-refractivity contribution is 6.67. The van der Waals surface area contributed by atoms with Crippen LogP contribution in [0.5, 0.6) is 0 Å². The molecule has 64 valence electrons. The summed E-state index contributed by atoms with van der Waals surface area (Å²) in [7, 11) is 5.77. The Labute approximate surface area is 83.4 Å². The van der Waals surface area contributed by atoms with E-state index in [2.05, 4.69) is 10.3 Å². The van der Waals surface area contributed by atoms with Gasteiger partial charge < -0.3 is 5.32 Å². The number of fused-ring (bicyclic) bond motifs is 1. The molecule has 1 aliphatic heterocycles. The lowest BCUT2D eigenvalue weighted by atomic mass is 9.88. The average molecular weight is 190 g/mol. The monoisotopic (exact) mass is 190 g/mol. The van der Waals surface area contributed by atoms with Crippen LogP contribution in [0.1, 0.15) is 11.1 Å². The van der Waals surface area contributed by atoms with E-state index in [9.17, 15) is 0 Å². The minimum absolute atomic E-state index is 0.441. The Hall–Kier alpha value is -0.955. The van der Waals surface area contributed by atoms with E-state index in [1.54, 1.807) is 0 Å². The van der Waals surface area contributed by atoms with Gasteiger partial charge in [0.1, 0.15) is 7.85 Å². The van der Waals surface area contributed by atoms with Crippen molar-refractivity contribution >= 4 is 35.9 Å². The summed E-state index contributed by atoms with van der Waals surface area (Å²) in [6.45, 7) is 2.57. The number of nitrogens with zero attached hydrogens (tertiary/aromatic N) is 1. The van der Waals surface area contributed by atoms with E-state index in [-0.39, 0.29) is 0 Å². The Kier molecular flexibility index (Phi) is 2.04. The maximum Gasteiger partial charge on any atom is 0.196 e. The van der Waals surface area contributed by atoms with Crippen molar-refractivity contribution in [3.63, 3.8) is 0 Å². The number of anilines is 1. The third-order valence-electron chi connectivity index (χ3n) is 2.12. The number of halogens is 1. The average Bonchev–Trinajstić information content (AvgIpc) is 2.08. The van der Waals surface area contributed by atoms with Gasteiger partial charge in [0, 0.05) is 5.69 Å². The molecule has 0 aliphatic carbocycles. The quantitative estimate of drug-likeness (QED) is 0.484. The number of rotatable bonds is 0. The Balaban J connectivity index is 2.48. The van der Waals surface area contributed by atoms with E-state index < -0.39 is 0 Å². The largest absolute Gasteiger partial charge is 0.330 e. The van der Waals surface area contributed by atoms with Crippen molar-refractivity contribution in [3.8, 4) is 0 Å². The molecule has 1 aromatic rings. The summed E-state index contributed by atoms with van der Waals surface area (Å²) in [6.07, 6.45) is 0.